The molecule has 0 unspecified atom stereocenters. The zero-order chi connectivity index (χ0) is 12.2. The summed E-state index contributed by atoms with van der Waals surface area (Å²) in [5, 5.41) is 0. The second kappa shape index (κ2) is 8.00. The standard InChI is InChI=1S/C10H12Cl2O3S.Na/c11-5-3-8-1-2-10(16(13,14)15)9(7-8)4-6-12;/h1-2,7H,3-6H2,(H,13,14,15);/q;+1/p-1. The SMILES string of the molecule is O=S(=O)([O-])c1ccc(CCCl)cc1CCCl.[Na+]. The fourth-order valence-electron chi connectivity index (χ4n) is 1.44. The fourth-order valence-corrected chi connectivity index (χ4v) is 2.58. The van der Waals surface area contributed by atoms with Gasteiger partial charge in [0.25, 0.3) is 0 Å². The molecule has 0 aliphatic heterocycles. The Balaban J connectivity index is 0.00000256. The topological polar surface area (TPSA) is 57.2 Å². The van der Waals surface area contributed by atoms with Crippen molar-refractivity contribution in [1.82, 2.24) is 0 Å². The van der Waals surface area contributed by atoms with Gasteiger partial charge in [0.15, 0.2) is 0 Å². The number of aryl methyl sites for hydroxylation is 2. The maximum absolute atomic E-state index is 11.0. The predicted octanol–water partition coefficient (Wildman–Crippen LogP) is -0.843. The minimum atomic E-state index is -4.43. The van der Waals surface area contributed by atoms with E-state index >= 15 is 0 Å². The number of alkyl halides is 2. The predicted molar refractivity (Wildman–Crippen MR) is 63.3 cm³/mol. The summed E-state index contributed by atoms with van der Waals surface area (Å²) in [6.07, 6.45) is 0.991. The maximum atomic E-state index is 11.0. The second-order valence-electron chi connectivity index (χ2n) is 3.27. The number of hydrogen-bond donors (Lipinski definition) is 0. The summed E-state index contributed by atoms with van der Waals surface area (Å²) in [4.78, 5) is -0.188. The van der Waals surface area contributed by atoms with E-state index in [2.05, 4.69) is 0 Å². The van der Waals surface area contributed by atoms with E-state index in [9.17, 15) is 13.0 Å². The van der Waals surface area contributed by atoms with Gasteiger partial charge >= 0.3 is 29.6 Å². The molecule has 0 aliphatic carbocycles. The molecule has 7 heteroatoms. The first-order chi connectivity index (χ1) is 7.49. The molecule has 0 heterocycles. The van der Waals surface area contributed by atoms with Crippen LogP contribution in [0.5, 0.6) is 0 Å². The van der Waals surface area contributed by atoms with E-state index < -0.39 is 10.1 Å². The molecule has 0 spiro atoms. The minimum absolute atomic E-state index is 0. The molecule has 0 bridgehead atoms. The Morgan fingerprint density at radius 1 is 1.12 bits per heavy atom. The van der Waals surface area contributed by atoms with Gasteiger partial charge in [0.05, 0.1) is 4.90 Å². The molecule has 1 rings (SSSR count). The van der Waals surface area contributed by atoms with Crippen molar-refractivity contribution < 1.29 is 42.5 Å². The molecule has 0 atom stereocenters. The van der Waals surface area contributed by atoms with E-state index in [1.807, 2.05) is 0 Å². The molecule has 0 radical (unpaired) electrons. The molecular weight excluding hydrogens is 294 g/mol. The Kier molecular flexibility index (Phi) is 8.33. The molecule has 0 N–H and O–H groups in total. The second-order valence-corrected chi connectivity index (χ2v) is 5.38. The van der Waals surface area contributed by atoms with Crippen LogP contribution < -0.4 is 29.6 Å². The monoisotopic (exact) mass is 304 g/mol. The van der Waals surface area contributed by atoms with Gasteiger partial charge in [0.1, 0.15) is 10.1 Å². The maximum Gasteiger partial charge on any atom is 1.00 e. The van der Waals surface area contributed by atoms with Crippen molar-refractivity contribution in [2.24, 2.45) is 0 Å². The quantitative estimate of drug-likeness (QED) is 0.405. The van der Waals surface area contributed by atoms with E-state index in [-0.39, 0.29) is 40.3 Å². The van der Waals surface area contributed by atoms with Crippen LogP contribution in [0.2, 0.25) is 0 Å². The van der Waals surface area contributed by atoms with Gasteiger partial charge in [0.2, 0.25) is 0 Å². The van der Waals surface area contributed by atoms with Crippen molar-refractivity contribution in [3.8, 4) is 0 Å². The van der Waals surface area contributed by atoms with Crippen molar-refractivity contribution in [1.29, 1.82) is 0 Å². The van der Waals surface area contributed by atoms with E-state index in [0.717, 1.165) is 5.56 Å². The summed E-state index contributed by atoms with van der Waals surface area (Å²) < 4.78 is 32.9. The molecule has 1 aromatic carbocycles. The van der Waals surface area contributed by atoms with E-state index in [0.29, 0.717) is 24.3 Å². The molecule has 1 aromatic rings. The summed E-state index contributed by atoms with van der Waals surface area (Å²) in [6, 6.07) is 4.60. The molecule has 0 aliphatic rings. The largest absolute Gasteiger partial charge is 1.00 e. The molecular formula is C10H11Cl2NaO3S. The van der Waals surface area contributed by atoms with Crippen molar-refractivity contribution in [3.05, 3.63) is 29.3 Å². The molecule has 0 saturated heterocycles. The van der Waals surface area contributed by atoms with Gasteiger partial charge in [-0.25, -0.2) is 8.42 Å². The fraction of sp³-hybridized carbons (Fsp3) is 0.400. The number of halogens is 2. The molecule has 0 aromatic heterocycles. The van der Waals surface area contributed by atoms with Crippen LogP contribution in [0.3, 0.4) is 0 Å². The third-order valence-corrected chi connectivity index (χ3v) is 3.46. The van der Waals surface area contributed by atoms with Crippen LogP contribution in [-0.2, 0) is 23.0 Å². The van der Waals surface area contributed by atoms with E-state index in [1.54, 1.807) is 12.1 Å². The number of rotatable bonds is 5. The summed E-state index contributed by atoms with van der Waals surface area (Å²) in [6.45, 7) is 0. The van der Waals surface area contributed by atoms with Crippen molar-refractivity contribution >= 4 is 33.3 Å². The smallest absolute Gasteiger partial charge is 0.744 e. The Morgan fingerprint density at radius 3 is 2.18 bits per heavy atom. The third kappa shape index (κ3) is 5.47. The van der Waals surface area contributed by atoms with Crippen LogP contribution in [0.15, 0.2) is 23.1 Å². The molecule has 0 fully saturated rings. The van der Waals surface area contributed by atoms with Crippen molar-refractivity contribution in [2.75, 3.05) is 11.8 Å². The number of hydrogen-bond acceptors (Lipinski definition) is 3. The minimum Gasteiger partial charge on any atom is -0.744 e. The van der Waals surface area contributed by atoms with Gasteiger partial charge in [0, 0.05) is 11.8 Å². The first-order valence-corrected chi connectivity index (χ1v) is 7.16. The molecule has 90 valence electrons. The van der Waals surface area contributed by atoms with Crippen LogP contribution >= 0.6 is 23.2 Å². The summed E-state index contributed by atoms with van der Waals surface area (Å²) in [5.41, 5.74) is 1.37. The van der Waals surface area contributed by atoms with Crippen LogP contribution in [-0.4, -0.2) is 24.7 Å². The third-order valence-electron chi connectivity index (χ3n) is 2.14. The van der Waals surface area contributed by atoms with Crippen LogP contribution in [0.4, 0.5) is 0 Å². The van der Waals surface area contributed by atoms with Gasteiger partial charge in [-0.05, 0) is 30.0 Å². The van der Waals surface area contributed by atoms with Gasteiger partial charge in [-0.15, -0.1) is 23.2 Å². The zero-order valence-electron chi connectivity index (χ0n) is 9.45. The van der Waals surface area contributed by atoms with E-state index in [1.165, 1.54) is 6.07 Å². The normalized spacial score (nSPS) is 11.0. The Bertz CT molecular complexity index is 463. The summed E-state index contributed by atoms with van der Waals surface area (Å²) in [7, 11) is -4.43. The number of benzene rings is 1. The summed E-state index contributed by atoms with van der Waals surface area (Å²) >= 11 is 11.2. The van der Waals surface area contributed by atoms with E-state index in [4.69, 9.17) is 23.2 Å². The van der Waals surface area contributed by atoms with Crippen LogP contribution in [0.25, 0.3) is 0 Å². The first-order valence-electron chi connectivity index (χ1n) is 4.68. The molecule has 17 heavy (non-hydrogen) atoms. The van der Waals surface area contributed by atoms with Gasteiger partial charge < -0.3 is 4.55 Å². The molecule has 3 nitrogen and oxygen atoms in total. The van der Waals surface area contributed by atoms with Gasteiger partial charge in [-0.2, -0.15) is 0 Å². The molecule has 0 saturated carbocycles. The van der Waals surface area contributed by atoms with Crippen molar-refractivity contribution in [2.45, 2.75) is 17.7 Å². The molecule has 0 amide bonds. The Hall–Kier alpha value is 0.710. The van der Waals surface area contributed by atoms with Crippen LogP contribution in [0.1, 0.15) is 11.1 Å². The Labute approximate surface area is 134 Å². The van der Waals surface area contributed by atoms with Gasteiger partial charge in [-0.1, -0.05) is 12.1 Å². The zero-order valence-corrected chi connectivity index (χ0v) is 13.8. The van der Waals surface area contributed by atoms with Crippen molar-refractivity contribution in [3.63, 3.8) is 0 Å². The first kappa shape index (κ1) is 17.7. The van der Waals surface area contributed by atoms with Crippen LogP contribution in [0, 0.1) is 0 Å². The van der Waals surface area contributed by atoms with Gasteiger partial charge in [-0.3, -0.25) is 0 Å². The summed E-state index contributed by atoms with van der Waals surface area (Å²) in [5.74, 6) is 0.719. The average molecular weight is 305 g/mol. The Morgan fingerprint density at radius 2 is 1.71 bits per heavy atom. The average Bonchev–Trinajstić information content (AvgIpc) is 2.17.